The number of rotatable bonds is 14. The maximum Gasteiger partial charge on any atom is 0.530 e. The number of hydrogen-bond acceptors (Lipinski definition) is 8. The van der Waals surface area contributed by atoms with Gasteiger partial charge in [0, 0.05) is 25.0 Å². The van der Waals surface area contributed by atoms with Crippen molar-refractivity contribution < 1.29 is 37.2 Å². The first kappa shape index (κ1) is 22.6. The zero-order valence-electron chi connectivity index (χ0n) is 14.9. The van der Waals surface area contributed by atoms with Gasteiger partial charge in [0.05, 0.1) is 26.4 Å². The first-order valence-corrected chi connectivity index (χ1v) is 9.67. The summed E-state index contributed by atoms with van der Waals surface area (Å²) in [6.07, 6.45) is 2.68. The second-order valence-electron chi connectivity index (χ2n) is 4.97. The van der Waals surface area contributed by atoms with Crippen LogP contribution in [0.1, 0.15) is 12.8 Å². The Morgan fingerprint density at radius 2 is 1.33 bits per heavy atom. The van der Waals surface area contributed by atoms with E-state index in [4.69, 9.17) is 23.0 Å². The van der Waals surface area contributed by atoms with E-state index in [0.29, 0.717) is 18.6 Å². The van der Waals surface area contributed by atoms with Gasteiger partial charge in [-0.3, -0.25) is 9.05 Å². The fourth-order valence-electron chi connectivity index (χ4n) is 1.63. The molecule has 0 saturated carbocycles. The highest BCUT2D eigenvalue weighted by molar-refractivity contribution is 7.48. The van der Waals surface area contributed by atoms with Crippen molar-refractivity contribution in [1.82, 2.24) is 0 Å². The second-order valence-corrected chi connectivity index (χ2v) is 6.56. The summed E-state index contributed by atoms with van der Waals surface area (Å²) in [4.78, 5) is 21.9. The number of carbonyl (C=O) groups is 2. The van der Waals surface area contributed by atoms with Crippen LogP contribution in [0, 0.1) is 0 Å². The Hall–Kier alpha value is -2.41. The van der Waals surface area contributed by atoms with Crippen molar-refractivity contribution >= 4 is 19.8 Å². The molecule has 0 radical (unpaired) electrons. The van der Waals surface area contributed by atoms with E-state index in [0.717, 1.165) is 12.2 Å². The third-order valence-corrected chi connectivity index (χ3v) is 4.29. The fourth-order valence-corrected chi connectivity index (χ4v) is 2.90. The van der Waals surface area contributed by atoms with Crippen LogP contribution in [-0.2, 0) is 32.7 Å². The zero-order chi connectivity index (χ0) is 20.0. The number of para-hydroxylation sites is 1. The normalized spacial score (nSPS) is 10.7. The van der Waals surface area contributed by atoms with Crippen LogP contribution in [-0.4, -0.2) is 38.4 Å². The third kappa shape index (κ3) is 10.4. The average molecular weight is 398 g/mol. The lowest BCUT2D eigenvalue weighted by Gasteiger charge is -2.18. The van der Waals surface area contributed by atoms with Gasteiger partial charge in [-0.15, -0.1) is 0 Å². The van der Waals surface area contributed by atoms with Crippen LogP contribution in [0.15, 0.2) is 55.6 Å². The number of phosphoric ester groups is 1. The van der Waals surface area contributed by atoms with E-state index in [1.165, 1.54) is 0 Å². The second kappa shape index (κ2) is 12.9. The number of ether oxygens (including phenoxy) is 2. The Morgan fingerprint density at radius 3 is 1.78 bits per heavy atom. The molecule has 0 heterocycles. The molecule has 8 nitrogen and oxygen atoms in total. The SMILES string of the molecule is C=CC(=O)OCCCOP(=O)(OCCCOC(=O)C=C)Oc1ccccc1. The van der Waals surface area contributed by atoms with Gasteiger partial charge in [-0.05, 0) is 12.1 Å². The molecular weight excluding hydrogens is 375 g/mol. The van der Waals surface area contributed by atoms with Gasteiger partial charge in [0.25, 0.3) is 0 Å². The van der Waals surface area contributed by atoms with Crippen LogP contribution in [0.3, 0.4) is 0 Å². The lowest BCUT2D eigenvalue weighted by atomic mass is 10.3. The number of phosphoric acid groups is 1. The van der Waals surface area contributed by atoms with Gasteiger partial charge in [0.2, 0.25) is 0 Å². The molecule has 0 N–H and O–H groups in total. The Bertz CT molecular complexity index is 625. The molecule has 1 aromatic carbocycles. The molecule has 1 aromatic rings. The molecule has 27 heavy (non-hydrogen) atoms. The van der Waals surface area contributed by atoms with Crippen molar-refractivity contribution in [2.75, 3.05) is 26.4 Å². The predicted octanol–water partition coefficient (Wildman–Crippen LogP) is 3.45. The lowest BCUT2D eigenvalue weighted by molar-refractivity contribution is -0.138. The summed E-state index contributed by atoms with van der Waals surface area (Å²) >= 11 is 0. The molecule has 0 fully saturated rings. The predicted molar refractivity (Wildman–Crippen MR) is 98.1 cm³/mol. The minimum atomic E-state index is -3.90. The van der Waals surface area contributed by atoms with Crippen LogP contribution in [0.25, 0.3) is 0 Å². The Balaban J connectivity index is 2.49. The third-order valence-electron chi connectivity index (χ3n) is 2.86. The highest BCUT2D eigenvalue weighted by Crippen LogP contribution is 2.49. The van der Waals surface area contributed by atoms with Gasteiger partial charge in [0.1, 0.15) is 5.75 Å². The summed E-state index contributed by atoms with van der Waals surface area (Å²) in [7, 11) is -3.90. The zero-order valence-corrected chi connectivity index (χ0v) is 15.8. The molecule has 0 saturated heterocycles. The van der Waals surface area contributed by atoms with Gasteiger partial charge in [-0.2, -0.15) is 0 Å². The van der Waals surface area contributed by atoms with Gasteiger partial charge >= 0.3 is 19.8 Å². The molecule has 0 atom stereocenters. The van der Waals surface area contributed by atoms with Crippen LogP contribution < -0.4 is 4.52 Å². The van der Waals surface area contributed by atoms with Crippen LogP contribution >= 0.6 is 7.82 Å². The Labute approximate surface area is 158 Å². The number of hydrogen-bond donors (Lipinski definition) is 0. The molecule has 0 aromatic heterocycles. The van der Waals surface area contributed by atoms with E-state index >= 15 is 0 Å². The summed E-state index contributed by atoms with van der Waals surface area (Å²) in [6.45, 7) is 6.69. The van der Waals surface area contributed by atoms with Crippen LogP contribution in [0.4, 0.5) is 0 Å². The summed E-state index contributed by atoms with van der Waals surface area (Å²) in [5, 5.41) is 0. The largest absolute Gasteiger partial charge is 0.530 e. The van der Waals surface area contributed by atoms with E-state index < -0.39 is 19.8 Å². The molecule has 0 aliphatic rings. The standard InChI is InChI=1S/C18H23O8P/c1-3-17(19)22-12-8-14-24-27(21,26-16-10-6-5-7-11-16)25-15-9-13-23-18(20)4-2/h3-7,10-11H,1-2,8-9,12-15H2. The maximum absolute atomic E-state index is 12.8. The molecule has 0 aliphatic heterocycles. The topological polar surface area (TPSA) is 97.4 Å². The number of carbonyl (C=O) groups excluding carboxylic acids is 2. The Morgan fingerprint density at radius 1 is 0.852 bits per heavy atom. The monoisotopic (exact) mass is 398 g/mol. The summed E-state index contributed by atoms with van der Waals surface area (Å²) in [5.74, 6) is -0.787. The molecule has 0 aliphatic carbocycles. The van der Waals surface area contributed by atoms with Gasteiger partial charge in [0.15, 0.2) is 0 Å². The van der Waals surface area contributed by atoms with Crippen molar-refractivity contribution in [3.05, 3.63) is 55.6 Å². The number of esters is 2. The van der Waals surface area contributed by atoms with Gasteiger partial charge in [-0.1, -0.05) is 31.4 Å². The van der Waals surface area contributed by atoms with Gasteiger partial charge in [-0.25, -0.2) is 14.2 Å². The van der Waals surface area contributed by atoms with Crippen LogP contribution in [0.5, 0.6) is 5.75 Å². The summed E-state index contributed by atoms with van der Waals surface area (Å²) in [6, 6.07) is 8.42. The van der Waals surface area contributed by atoms with Crippen LogP contribution in [0.2, 0.25) is 0 Å². The van der Waals surface area contributed by atoms with E-state index in [2.05, 4.69) is 13.2 Å². The molecule has 148 valence electrons. The molecule has 0 unspecified atom stereocenters. The van der Waals surface area contributed by atoms with Crippen molar-refractivity contribution in [3.8, 4) is 5.75 Å². The van der Waals surface area contributed by atoms with Crippen molar-refractivity contribution in [1.29, 1.82) is 0 Å². The fraction of sp³-hybridized carbons (Fsp3) is 0.333. The van der Waals surface area contributed by atoms with E-state index in [9.17, 15) is 14.2 Å². The molecule has 1 rings (SSSR count). The minimum absolute atomic E-state index is 0.0139. The summed E-state index contributed by atoms with van der Waals surface area (Å²) in [5.41, 5.74) is 0. The van der Waals surface area contributed by atoms with E-state index in [1.807, 2.05) is 0 Å². The first-order valence-electron chi connectivity index (χ1n) is 8.21. The lowest BCUT2D eigenvalue weighted by Crippen LogP contribution is -2.09. The number of benzene rings is 1. The first-order chi connectivity index (χ1) is 13.0. The van der Waals surface area contributed by atoms with E-state index in [1.54, 1.807) is 30.3 Å². The minimum Gasteiger partial charge on any atom is -0.462 e. The molecular formula is C18H23O8P. The molecule has 0 spiro atoms. The average Bonchev–Trinajstić information content (AvgIpc) is 2.67. The molecule has 9 heteroatoms. The highest BCUT2D eigenvalue weighted by atomic mass is 31.2. The smallest absolute Gasteiger partial charge is 0.462 e. The quantitative estimate of drug-likeness (QED) is 0.203. The maximum atomic E-state index is 12.8. The Kier molecular flexibility index (Phi) is 10.8. The molecule has 0 bridgehead atoms. The van der Waals surface area contributed by atoms with Crippen molar-refractivity contribution in [2.24, 2.45) is 0 Å². The highest BCUT2D eigenvalue weighted by Gasteiger charge is 2.28. The summed E-state index contributed by atoms with van der Waals surface area (Å²) < 4.78 is 38.3. The van der Waals surface area contributed by atoms with Crippen molar-refractivity contribution in [3.63, 3.8) is 0 Å². The van der Waals surface area contributed by atoms with Crippen molar-refractivity contribution in [2.45, 2.75) is 12.8 Å². The van der Waals surface area contributed by atoms with Gasteiger partial charge < -0.3 is 14.0 Å². The molecule has 0 amide bonds. The van der Waals surface area contributed by atoms with E-state index in [-0.39, 0.29) is 26.4 Å².